The van der Waals surface area contributed by atoms with E-state index in [0.29, 0.717) is 16.9 Å². The molecule has 27 heavy (non-hydrogen) atoms. The van der Waals surface area contributed by atoms with Crippen LogP contribution in [-0.2, 0) is 0 Å². The first-order valence-corrected chi connectivity index (χ1v) is 8.03. The predicted octanol–water partition coefficient (Wildman–Crippen LogP) is 4.56. The number of para-hydroxylation sites is 1. The number of hydrogen-bond donors (Lipinski definition) is 2. The fourth-order valence-corrected chi connectivity index (χ4v) is 2.38. The topological polar surface area (TPSA) is 71.1 Å². The first-order valence-electron chi connectivity index (χ1n) is 8.03. The summed E-state index contributed by atoms with van der Waals surface area (Å²) < 4.78 is 27.2. The van der Waals surface area contributed by atoms with E-state index in [0.717, 1.165) is 12.1 Å². The SMILES string of the molecule is CC(=O)c1cccc(Nc2ccc(C(=O)Nc3c(F)cccc3F)nc2)c1. The van der Waals surface area contributed by atoms with E-state index >= 15 is 0 Å². The number of carbonyl (C=O) groups excluding carboxylic acids is 2. The van der Waals surface area contributed by atoms with Gasteiger partial charge in [-0.15, -0.1) is 0 Å². The van der Waals surface area contributed by atoms with E-state index in [1.807, 2.05) is 0 Å². The Kier molecular flexibility index (Phi) is 5.21. The molecule has 0 atom stereocenters. The van der Waals surface area contributed by atoms with Crippen molar-refractivity contribution in [3.63, 3.8) is 0 Å². The zero-order valence-corrected chi connectivity index (χ0v) is 14.3. The van der Waals surface area contributed by atoms with E-state index in [2.05, 4.69) is 15.6 Å². The molecule has 2 aromatic carbocycles. The molecule has 0 aliphatic rings. The van der Waals surface area contributed by atoms with Crippen LogP contribution < -0.4 is 10.6 Å². The second-order valence-corrected chi connectivity index (χ2v) is 5.74. The van der Waals surface area contributed by atoms with Crippen LogP contribution in [0.1, 0.15) is 27.8 Å². The van der Waals surface area contributed by atoms with Crippen LogP contribution in [-0.4, -0.2) is 16.7 Å². The van der Waals surface area contributed by atoms with E-state index < -0.39 is 23.2 Å². The number of aromatic nitrogens is 1. The lowest BCUT2D eigenvalue weighted by molar-refractivity contribution is 0.101. The van der Waals surface area contributed by atoms with Crippen LogP contribution in [0.3, 0.4) is 0 Å². The van der Waals surface area contributed by atoms with Crippen molar-refractivity contribution in [3.05, 3.63) is 83.7 Å². The van der Waals surface area contributed by atoms with E-state index in [4.69, 9.17) is 0 Å². The summed E-state index contributed by atoms with van der Waals surface area (Å²) in [6.07, 6.45) is 1.41. The Morgan fingerprint density at radius 3 is 2.26 bits per heavy atom. The molecule has 0 aliphatic heterocycles. The van der Waals surface area contributed by atoms with Gasteiger partial charge in [-0.25, -0.2) is 13.8 Å². The summed E-state index contributed by atoms with van der Waals surface area (Å²) in [5.41, 5.74) is 1.32. The second-order valence-electron chi connectivity index (χ2n) is 5.74. The second kappa shape index (κ2) is 7.74. The van der Waals surface area contributed by atoms with E-state index in [1.165, 1.54) is 25.3 Å². The van der Waals surface area contributed by atoms with Crippen LogP contribution in [0.15, 0.2) is 60.8 Å². The maximum Gasteiger partial charge on any atom is 0.274 e. The van der Waals surface area contributed by atoms with Crippen LogP contribution in [0, 0.1) is 11.6 Å². The van der Waals surface area contributed by atoms with Crippen molar-refractivity contribution in [3.8, 4) is 0 Å². The highest BCUT2D eigenvalue weighted by atomic mass is 19.1. The van der Waals surface area contributed by atoms with Gasteiger partial charge in [-0.1, -0.05) is 18.2 Å². The van der Waals surface area contributed by atoms with Gasteiger partial charge in [0.1, 0.15) is 23.0 Å². The summed E-state index contributed by atoms with van der Waals surface area (Å²) in [5, 5.41) is 5.24. The summed E-state index contributed by atoms with van der Waals surface area (Å²) in [5.74, 6) is -2.52. The monoisotopic (exact) mass is 367 g/mol. The van der Waals surface area contributed by atoms with Gasteiger partial charge in [-0.3, -0.25) is 9.59 Å². The van der Waals surface area contributed by atoms with Crippen molar-refractivity contribution >= 4 is 28.8 Å². The zero-order valence-electron chi connectivity index (χ0n) is 14.3. The van der Waals surface area contributed by atoms with Crippen molar-refractivity contribution in [2.75, 3.05) is 10.6 Å². The zero-order chi connectivity index (χ0) is 19.4. The Labute approximate surface area is 154 Å². The third kappa shape index (κ3) is 4.33. The van der Waals surface area contributed by atoms with Gasteiger partial charge in [0.15, 0.2) is 5.78 Å². The summed E-state index contributed by atoms with van der Waals surface area (Å²) in [7, 11) is 0. The third-order valence-corrected chi connectivity index (χ3v) is 3.76. The number of rotatable bonds is 5. The molecule has 0 aliphatic carbocycles. The number of nitrogens with zero attached hydrogens (tertiary/aromatic N) is 1. The number of hydrogen-bond acceptors (Lipinski definition) is 4. The number of halogens is 2. The lowest BCUT2D eigenvalue weighted by Gasteiger charge is -2.09. The average molecular weight is 367 g/mol. The normalized spacial score (nSPS) is 10.3. The van der Waals surface area contributed by atoms with Gasteiger partial charge in [-0.2, -0.15) is 0 Å². The number of ketones is 1. The Morgan fingerprint density at radius 1 is 0.926 bits per heavy atom. The highest BCUT2D eigenvalue weighted by molar-refractivity contribution is 6.03. The largest absolute Gasteiger partial charge is 0.354 e. The molecule has 0 radical (unpaired) electrons. The fourth-order valence-electron chi connectivity index (χ4n) is 2.38. The number of benzene rings is 2. The van der Waals surface area contributed by atoms with Gasteiger partial charge in [0.05, 0.1) is 11.9 Å². The molecule has 7 heteroatoms. The molecule has 0 spiro atoms. The third-order valence-electron chi connectivity index (χ3n) is 3.76. The maximum absolute atomic E-state index is 13.6. The van der Waals surface area contributed by atoms with Gasteiger partial charge in [0.2, 0.25) is 0 Å². The molecule has 0 saturated carbocycles. The van der Waals surface area contributed by atoms with E-state index in [1.54, 1.807) is 30.3 Å². The summed E-state index contributed by atoms with van der Waals surface area (Å²) in [6.45, 7) is 1.48. The van der Waals surface area contributed by atoms with Crippen LogP contribution in [0.4, 0.5) is 25.8 Å². The number of Topliss-reactive ketones (excluding diaryl/α,β-unsaturated/α-hetero) is 1. The minimum absolute atomic E-state index is 0.000639. The minimum atomic E-state index is -0.869. The molecule has 1 aromatic heterocycles. The molecule has 0 fully saturated rings. The average Bonchev–Trinajstić information content (AvgIpc) is 2.65. The first-order chi connectivity index (χ1) is 12.9. The van der Waals surface area contributed by atoms with Gasteiger partial charge in [0, 0.05) is 11.3 Å². The lowest BCUT2D eigenvalue weighted by Crippen LogP contribution is -2.15. The van der Waals surface area contributed by atoms with Gasteiger partial charge >= 0.3 is 0 Å². The van der Waals surface area contributed by atoms with Crippen molar-refractivity contribution in [1.29, 1.82) is 0 Å². The molecule has 0 saturated heterocycles. The molecule has 2 N–H and O–H groups in total. The Morgan fingerprint density at radius 2 is 1.63 bits per heavy atom. The molecule has 1 heterocycles. The predicted molar refractivity (Wildman–Crippen MR) is 98.3 cm³/mol. The highest BCUT2D eigenvalue weighted by Gasteiger charge is 2.14. The van der Waals surface area contributed by atoms with Crippen molar-refractivity contribution in [2.45, 2.75) is 6.92 Å². The molecular weight excluding hydrogens is 352 g/mol. The minimum Gasteiger partial charge on any atom is -0.354 e. The van der Waals surface area contributed by atoms with Crippen LogP contribution >= 0.6 is 0 Å². The van der Waals surface area contributed by atoms with Gasteiger partial charge in [-0.05, 0) is 43.3 Å². The molecule has 136 valence electrons. The van der Waals surface area contributed by atoms with Crippen molar-refractivity contribution in [2.24, 2.45) is 0 Å². The number of amides is 1. The first kappa shape index (κ1) is 18.2. The van der Waals surface area contributed by atoms with Gasteiger partial charge < -0.3 is 10.6 Å². The maximum atomic E-state index is 13.6. The Balaban J connectivity index is 1.72. The van der Waals surface area contributed by atoms with E-state index in [9.17, 15) is 18.4 Å². The van der Waals surface area contributed by atoms with Crippen molar-refractivity contribution in [1.82, 2.24) is 4.98 Å². The standard InChI is InChI=1S/C20H15F2N3O2/c1-12(26)13-4-2-5-14(10-13)24-15-8-9-18(23-11-15)20(27)25-19-16(21)6-3-7-17(19)22/h2-11,24H,1H3,(H,25,27). The number of pyridine rings is 1. The molecule has 3 rings (SSSR count). The summed E-state index contributed by atoms with van der Waals surface area (Å²) in [6, 6.07) is 13.3. The van der Waals surface area contributed by atoms with Crippen molar-refractivity contribution < 1.29 is 18.4 Å². The lowest BCUT2D eigenvalue weighted by atomic mass is 10.1. The van der Waals surface area contributed by atoms with Crippen LogP contribution in [0.5, 0.6) is 0 Å². The highest BCUT2D eigenvalue weighted by Crippen LogP contribution is 2.20. The molecule has 1 amide bonds. The van der Waals surface area contributed by atoms with Crippen LogP contribution in [0.2, 0.25) is 0 Å². The summed E-state index contributed by atoms with van der Waals surface area (Å²) >= 11 is 0. The quantitative estimate of drug-likeness (QED) is 0.649. The molecule has 5 nitrogen and oxygen atoms in total. The van der Waals surface area contributed by atoms with Gasteiger partial charge in [0.25, 0.3) is 5.91 Å². The number of nitrogens with one attached hydrogen (secondary N) is 2. The fraction of sp³-hybridized carbons (Fsp3) is 0.0500. The number of carbonyl (C=O) groups is 2. The molecule has 0 unspecified atom stereocenters. The summed E-state index contributed by atoms with van der Waals surface area (Å²) in [4.78, 5) is 27.6. The Bertz CT molecular complexity index is 984. The molecule has 3 aromatic rings. The number of anilines is 3. The molecule has 0 bridgehead atoms. The smallest absolute Gasteiger partial charge is 0.274 e. The molecular formula is C20H15F2N3O2. The van der Waals surface area contributed by atoms with Crippen LogP contribution in [0.25, 0.3) is 0 Å². The Hall–Kier alpha value is -3.61. The van der Waals surface area contributed by atoms with E-state index in [-0.39, 0.29) is 11.5 Å².